The number of carbonyl (C=O) groups is 2. The van der Waals surface area contributed by atoms with Crippen LogP contribution in [0.3, 0.4) is 0 Å². The van der Waals surface area contributed by atoms with Crippen molar-refractivity contribution in [3.05, 3.63) is 41.7 Å². The first-order valence-corrected chi connectivity index (χ1v) is 13.6. The first-order valence-electron chi connectivity index (χ1n) is 13.6. The van der Waals surface area contributed by atoms with Gasteiger partial charge in [-0.2, -0.15) is 23.4 Å². The van der Waals surface area contributed by atoms with E-state index in [0.717, 1.165) is 25.7 Å². The number of alkyl halides is 3. The van der Waals surface area contributed by atoms with Crippen molar-refractivity contribution in [3.63, 3.8) is 0 Å². The molecule has 2 N–H and O–H groups in total. The van der Waals surface area contributed by atoms with Gasteiger partial charge in [0.15, 0.2) is 0 Å². The summed E-state index contributed by atoms with van der Waals surface area (Å²) in [4.78, 5) is 34.7. The minimum atomic E-state index is -4.37. The molecule has 2 amide bonds. The van der Waals surface area contributed by atoms with E-state index in [2.05, 4.69) is 25.8 Å². The quantitative estimate of drug-likeness (QED) is 0.427. The van der Waals surface area contributed by atoms with Crippen molar-refractivity contribution >= 4 is 17.6 Å². The van der Waals surface area contributed by atoms with E-state index in [1.165, 1.54) is 10.7 Å². The van der Waals surface area contributed by atoms with Crippen LogP contribution in [0.5, 0.6) is 0 Å². The van der Waals surface area contributed by atoms with Gasteiger partial charge in [0.05, 0.1) is 35.7 Å². The summed E-state index contributed by atoms with van der Waals surface area (Å²) in [6, 6.07) is 1.37. The van der Waals surface area contributed by atoms with E-state index in [0.29, 0.717) is 41.2 Å². The lowest BCUT2D eigenvalue weighted by Crippen LogP contribution is -2.47. The fraction of sp³-hybridized carbons (Fsp3) is 0.615. The maximum Gasteiger partial charge on any atom is 0.393 e. The normalized spacial score (nSPS) is 22.7. The summed E-state index contributed by atoms with van der Waals surface area (Å²) in [6.07, 6.45) is 4.70. The van der Waals surface area contributed by atoms with Crippen LogP contribution in [0.4, 0.5) is 13.2 Å². The number of piperidine rings is 1. The maximum atomic E-state index is 13.3. The third-order valence-electron chi connectivity index (χ3n) is 8.21. The number of hydrogen-bond acceptors (Lipinski definition) is 6. The van der Waals surface area contributed by atoms with E-state index in [1.807, 2.05) is 6.92 Å². The van der Waals surface area contributed by atoms with Crippen LogP contribution in [-0.4, -0.2) is 53.9 Å². The third kappa shape index (κ3) is 5.35. The van der Waals surface area contributed by atoms with Crippen molar-refractivity contribution in [3.8, 4) is 0 Å². The molecule has 1 aliphatic heterocycles. The zero-order valence-corrected chi connectivity index (χ0v) is 21.6. The third-order valence-corrected chi connectivity index (χ3v) is 8.21. The number of halogens is 3. The molecule has 3 unspecified atom stereocenters. The molecule has 6 rings (SSSR count). The average Bonchev–Trinajstić information content (AvgIpc) is 3.83. The molecule has 0 bridgehead atoms. The first kappa shape index (κ1) is 25.8. The second kappa shape index (κ2) is 9.91. The number of amides is 2. The molecule has 3 aliphatic rings. The van der Waals surface area contributed by atoms with Gasteiger partial charge < -0.3 is 10.6 Å². The highest BCUT2D eigenvalue weighted by Gasteiger charge is 2.47. The molecule has 0 aromatic carbocycles. The number of aromatic nitrogens is 6. The van der Waals surface area contributed by atoms with Crippen molar-refractivity contribution in [2.75, 3.05) is 6.54 Å². The Kier molecular flexibility index (Phi) is 6.54. The van der Waals surface area contributed by atoms with Crippen LogP contribution < -0.4 is 10.6 Å². The molecule has 4 heterocycles. The van der Waals surface area contributed by atoms with Crippen LogP contribution in [0.1, 0.15) is 66.9 Å². The molecule has 0 radical (unpaired) electrons. The van der Waals surface area contributed by atoms with Gasteiger partial charge in [-0.15, -0.1) is 0 Å². The molecule has 2 aliphatic carbocycles. The lowest BCUT2D eigenvalue weighted by atomic mass is 9.86. The van der Waals surface area contributed by atoms with Crippen LogP contribution in [0.15, 0.2) is 24.7 Å². The zero-order valence-electron chi connectivity index (χ0n) is 21.6. The van der Waals surface area contributed by atoms with Crippen LogP contribution in [0.2, 0.25) is 0 Å². The molecule has 3 aromatic heterocycles. The molecule has 39 heavy (non-hydrogen) atoms. The van der Waals surface area contributed by atoms with Gasteiger partial charge in [-0.05, 0) is 62.8 Å². The predicted octanol–water partition coefficient (Wildman–Crippen LogP) is 3.11. The summed E-state index contributed by atoms with van der Waals surface area (Å²) in [5.74, 6) is -1.42. The SMILES string of the molecule is CCn1nccc1C(=O)NC(c1cn2nc(CC3CC(C(F)(F)F)CNC3=O)cnc2n1)C(C1CC1)C1CC1. The molecule has 2 saturated carbocycles. The molecule has 13 heteroatoms. The molecule has 3 fully saturated rings. The van der Waals surface area contributed by atoms with Gasteiger partial charge in [-0.3, -0.25) is 14.3 Å². The summed E-state index contributed by atoms with van der Waals surface area (Å²) < 4.78 is 42.9. The number of hydrogen-bond donors (Lipinski definition) is 2. The Morgan fingerprint density at radius 1 is 1.23 bits per heavy atom. The Morgan fingerprint density at radius 3 is 2.64 bits per heavy atom. The zero-order chi connectivity index (χ0) is 27.3. The highest BCUT2D eigenvalue weighted by molar-refractivity contribution is 5.92. The number of nitrogens with one attached hydrogen (secondary N) is 2. The second-order valence-electron chi connectivity index (χ2n) is 11.0. The van der Waals surface area contributed by atoms with Gasteiger partial charge >= 0.3 is 6.18 Å². The summed E-state index contributed by atoms with van der Waals surface area (Å²) in [5, 5.41) is 14.4. The Morgan fingerprint density at radius 2 is 1.97 bits per heavy atom. The first-order chi connectivity index (χ1) is 18.7. The lowest BCUT2D eigenvalue weighted by Gasteiger charge is -2.30. The predicted molar refractivity (Wildman–Crippen MR) is 132 cm³/mol. The van der Waals surface area contributed by atoms with Crippen molar-refractivity contribution in [2.24, 2.45) is 29.6 Å². The molecule has 208 valence electrons. The van der Waals surface area contributed by atoms with Gasteiger partial charge in [0.1, 0.15) is 5.69 Å². The Balaban J connectivity index is 1.26. The van der Waals surface area contributed by atoms with Crippen molar-refractivity contribution in [1.82, 2.24) is 40.0 Å². The standard InChI is InChI=1S/C26H31F3N8O2/c1-2-36-20(7-8-32-36)24(39)34-22(21(14-3-4-14)15-5-6-15)19-13-37-25(33-19)31-12-18(35-37)10-16-9-17(26(27,28)29)11-30-23(16)38/h7-8,12-17,21-22H,2-6,9-11H2,1H3,(H,30,38)(H,34,39). The smallest absolute Gasteiger partial charge is 0.355 e. The minimum absolute atomic E-state index is 0.0445. The number of imidazole rings is 1. The van der Waals surface area contributed by atoms with Crippen molar-refractivity contribution in [1.29, 1.82) is 0 Å². The highest BCUT2D eigenvalue weighted by Crippen LogP contribution is 2.54. The second-order valence-corrected chi connectivity index (χ2v) is 11.0. The largest absolute Gasteiger partial charge is 0.393 e. The highest BCUT2D eigenvalue weighted by atomic mass is 19.4. The topological polar surface area (TPSA) is 119 Å². The summed E-state index contributed by atoms with van der Waals surface area (Å²) in [7, 11) is 0. The molecule has 3 atom stereocenters. The molecule has 10 nitrogen and oxygen atoms in total. The number of carbonyl (C=O) groups excluding carboxylic acids is 2. The summed E-state index contributed by atoms with van der Waals surface area (Å²) in [6.45, 7) is 2.10. The number of rotatable bonds is 9. The monoisotopic (exact) mass is 544 g/mol. The number of nitrogens with zero attached hydrogens (tertiary/aromatic N) is 6. The van der Waals surface area contributed by atoms with Crippen molar-refractivity contribution in [2.45, 2.75) is 64.2 Å². The van der Waals surface area contributed by atoms with Gasteiger partial charge in [0, 0.05) is 31.6 Å². The fourth-order valence-corrected chi connectivity index (χ4v) is 5.91. The van der Waals surface area contributed by atoms with E-state index < -0.39 is 30.5 Å². The van der Waals surface area contributed by atoms with Crippen LogP contribution >= 0.6 is 0 Å². The number of fused-ring (bicyclic) bond motifs is 1. The molecule has 0 spiro atoms. The fourth-order valence-electron chi connectivity index (χ4n) is 5.91. The van der Waals surface area contributed by atoms with Crippen LogP contribution in [0, 0.1) is 29.6 Å². The van der Waals surface area contributed by atoms with E-state index in [9.17, 15) is 22.8 Å². The summed E-state index contributed by atoms with van der Waals surface area (Å²) >= 11 is 0. The summed E-state index contributed by atoms with van der Waals surface area (Å²) in [5.41, 5.74) is 1.54. The minimum Gasteiger partial charge on any atom is -0.355 e. The lowest BCUT2D eigenvalue weighted by molar-refractivity contribution is -0.183. The van der Waals surface area contributed by atoms with Crippen LogP contribution in [0.25, 0.3) is 5.78 Å². The van der Waals surface area contributed by atoms with Gasteiger partial charge in [0.2, 0.25) is 5.91 Å². The Hall–Kier alpha value is -3.51. The van der Waals surface area contributed by atoms with Crippen LogP contribution in [-0.2, 0) is 17.8 Å². The Labute approximate surface area is 222 Å². The molecular weight excluding hydrogens is 513 g/mol. The molecule has 3 aromatic rings. The molecule has 1 saturated heterocycles. The Bertz CT molecular complexity index is 1360. The van der Waals surface area contributed by atoms with Gasteiger partial charge in [-0.1, -0.05) is 0 Å². The van der Waals surface area contributed by atoms with E-state index in [1.54, 1.807) is 23.1 Å². The maximum absolute atomic E-state index is 13.3. The van der Waals surface area contributed by atoms with E-state index in [-0.39, 0.29) is 30.7 Å². The number of aryl methyl sites for hydroxylation is 1. The van der Waals surface area contributed by atoms with Gasteiger partial charge in [-0.25, -0.2) is 14.5 Å². The van der Waals surface area contributed by atoms with E-state index >= 15 is 0 Å². The van der Waals surface area contributed by atoms with Gasteiger partial charge in [0.25, 0.3) is 11.7 Å². The van der Waals surface area contributed by atoms with Crippen molar-refractivity contribution < 1.29 is 22.8 Å². The molecular formula is C26H31F3N8O2. The van der Waals surface area contributed by atoms with E-state index in [4.69, 9.17) is 4.98 Å². The average molecular weight is 545 g/mol.